The number of hydrogen-bond donors (Lipinski definition) is 7. The molecule has 0 radical (unpaired) electrons. The fourth-order valence-corrected chi connectivity index (χ4v) is 3.52. The van der Waals surface area contributed by atoms with Crippen molar-refractivity contribution in [1.82, 2.24) is 0 Å². The Morgan fingerprint density at radius 2 is 1.85 bits per heavy atom. The molecule has 0 amide bonds. The van der Waals surface area contributed by atoms with Gasteiger partial charge in [0.25, 0.3) is 0 Å². The predicted octanol–water partition coefficient (Wildman–Crippen LogP) is -1.46. The van der Waals surface area contributed by atoms with E-state index in [1.165, 1.54) is 12.1 Å². The van der Waals surface area contributed by atoms with Crippen LogP contribution in [-0.2, 0) is 20.6 Å². The maximum Gasteiger partial charge on any atom is 0.229 e. The number of aliphatic hydroxyl groups excluding tert-OH is 5. The quantitative estimate of drug-likeness (QED) is 0.220. The summed E-state index contributed by atoms with van der Waals surface area (Å²) in [5.41, 5.74) is -0.219. The van der Waals surface area contributed by atoms with E-state index in [1.54, 1.807) is 6.07 Å². The van der Waals surface area contributed by atoms with Crippen LogP contribution < -0.4 is 4.74 Å². The molecule has 2 heterocycles. The summed E-state index contributed by atoms with van der Waals surface area (Å²) < 4.78 is 21.8. The average Bonchev–Trinajstić information content (AvgIpc) is 3.07. The summed E-state index contributed by atoms with van der Waals surface area (Å²) in [7, 11) is 0. The van der Waals surface area contributed by atoms with E-state index in [1.807, 2.05) is 19.9 Å². The number of rotatable bonds is 8. The number of phenolic OH excluding ortho intramolecular Hbond substituents is 1. The minimum absolute atomic E-state index is 0.0738. The molecule has 0 aromatic heterocycles. The number of hydrogen-bond acceptors (Lipinski definition) is 11. The van der Waals surface area contributed by atoms with Crippen LogP contribution >= 0.6 is 0 Å². The van der Waals surface area contributed by atoms with Crippen molar-refractivity contribution < 1.29 is 54.7 Å². The van der Waals surface area contributed by atoms with Crippen molar-refractivity contribution in [2.45, 2.75) is 69.0 Å². The van der Waals surface area contributed by atoms with Gasteiger partial charge in [-0.1, -0.05) is 11.6 Å². The first-order valence-electron chi connectivity index (χ1n) is 10.6. The zero-order valence-corrected chi connectivity index (χ0v) is 18.4. The highest BCUT2D eigenvalue weighted by molar-refractivity contribution is 5.40. The second kappa shape index (κ2) is 10.6. The summed E-state index contributed by atoms with van der Waals surface area (Å²) in [4.78, 5) is 0. The number of aromatic hydroxyl groups is 1. The second-order valence-electron chi connectivity index (χ2n) is 8.63. The molecule has 2 aliphatic heterocycles. The van der Waals surface area contributed by atoms with Crippen LogP contribution in [0.4, 0.5) is 0 Å². The van der Waals surface area contributed by atoms with Gasteiger partial charge in [0.15, 0.2) is 6.29 Å². The molecule has 186 valence electrons. The zero-order valence-electron chi connectivity index (χ0n) is 18.4. The van der Waals surface area contributed by atoms with E-state index in [0.717, 1.165) is 5.57 Å². The highest BCUT2D eigenvalue weighted by Gasteiger charge is 2.50. The minimum Gasteiger partial charge on any atom is -0.508 e. The Morgan fingerprint density at radius 3 is 2.48 bits per heavy atom. The van der Waals surface area contributed by atoms with Crippen LogP contribution in [0.2, 0.25) is 0 Å². The molecular formula is C22H32O11. The van der Waals surface area contributed by atoms with Crippen molar-refractivity contribution in [2.24, 2.45) is 0 Å². The molecule has 0 bridgehead atoms. The van der Waals surface area contributed by atoms with Crippen LogP contribution in [0.15, 0.2) is 29.8 Å². The lowest BCUT2D eigenvalue weighted by atomic mass is 9.99. The number of phenols is 1. The molecule has 11 heteroatoms. The van der Waals surface area contributed by atoms with Gasteiger partial charge in [-0.2, -0.15) is 0 Å². The van der Waals surface area contributed by atoms with Gasteiger partial charge in [0.1, 0.15) is 47.6 Å². The van der Waals surface area contributed by atoms with Crippen molar-refractivity contribution >= 4 is 0 Å². The predicted molar refractivity (Wildman–Crippen MR) is 112 cm³/mol. The van der Waals surface area contributed by atoms with Crippen LogP contribution in [0.3, 0.4) is 0 Å². The molecule has 33 heavy (non-hydrogen) atoms. The molecule has 7 N–H and O–H groups in total. The Hall–Kier alpha value is -1.80. The monoisotopic (exact) mass is 472 g/mol. The van der Waals surface area contributed by atoms with Gasteiger partial charge in [-0.05, 0) is 38.5 Å². The lowest BCUT2D eigenvalue weighted by Crippen LogP contribution is -2.60. The third-order valence-electron chi connectivity index (χ3n) is 5.71. The molecule has 0 spiro atoms. The van der Waals surface area contributed by atoms with Gasteiger partial charge in [0.2, 0.25) is 6.29 Å². The molecule has 1 aromatic carbocycles. The molecule has 11 nitrogen and oxygen atoms in total. The fourth-order valence-electron chi connectivity index (χ4n) is 3.52. The van der Waals surface area contributed by atoms with Crippen LogP contribution in [-0.4, -0.2) is 104 Å². The first-order chi connectivity index (χ1) is 15.6. The summed E-state index contributed by atoms with van der Waals surface area (Å²) in [5.74, 6) is 0.337. The van der Waals surface area contributed by atoms with Gasteiger partial charge in [0.05, 0.1) is 19.8 Å². The van der Waals surface area contributed by atoms with E-state index in [2.05, 4.69) is 0 Å². The normalized spacial score (nSPS) is 36.5. The van der Waals surface area contributed by atoms with Gasteiger partial charge >= 0.3 is 0 Å². The van der Waals surface area contributed by atoms with E-state index in [-0.39, 0.29) is 24.7 Å². The summed E-state index contributed by atoms with van der Waals surface area (Å²) in [6.07, 6.45) is -7.74. The average molecular weight is 472 g/mol. The molecule has 2 fully saturated rings. The van der Waals surface area contributed by atoms with Crippen LogP contribution in [0.5, 0.6) is 11.5 Å². The van der Waals surface area contributed by atoms with E-state index < -0.39 is 55.3 Å². The maximum absolute atomic E-state index is 10.3. The molecule has 0 unspecified atom stereocenters. The van der Waals surface area contributed by atoms with Crippen molar-refractivity contribution in [3.63, 3.8) is 0 Å². The molecule has 0 saturated carbocycles. The fraction of sp³-hybridized carbons (Fsp3) is 0.636. The first kappa shape index (κ1) is 25.8. The van der Waals surface area contributed by atoms with Gasteiger partial charge < -0.3 is 54.7 Å². The lowest BCUT2D eigenvalue weighted by molar-refractivity contribution is -0.289. The molecule has 1 aromatic rings. The largest absolute Gasteiger partial charge is 0.508 e. The molecule has 2 aliphatic rings. The van der Waals surface area contributed by atoms with E-state index in [9.17, 15) is 35.7 Å². The maximum atomic E-state index is 10.3. The van der Waals surface area contributed by atoms with Gasteiger partial charge in [-0.15, -0.1) is 0 Å². The Kier molecular flexibility index (Phi) is 8.32. The van der Waals surface area contributed by atoms with Crippen molar-refractivity contribution in [3.8, 4) is 11.5 Å². The minimum atomic E-state index is -1.87. The first-order valence-corrected chi connectivity index (χ1v) is 10.6. The Morgan fingerprint density at radius 1 is 1.12 bits per heavy atom. The van der Waals surface area contributed by atoms with Gasteiger partial charge in [-0.25, -0.2) is 0 Å². The van der Waals surface area contributed by atoms with E-state index in [4.69, 9.17) is 18.9 Å². The highest BCUT2D eigenvalue weighted by Crippen LogP contribution is 2.30. The topological polar surface area (TPSA) is 179 Å². The number of benzene rings is 1. The summed E-state index contributed by atoms with van der Waals surface area (Å²) in [5, 5.41) is 70.2. The third kappa shape index (κ3) is 5.83. The van der Waals surface area contributed by atoms with E-state index in [0.29, 0.717) is 12.0 Å². The Labute approximate surface area is 191 Å². The van der Waals surface area contributed by atoms with Gasteiger partial charge in [-0.3, -0.25) is 0 Å². The highest BCUT2D eigenvalue weighted by atomic mass is 16.7. The van der Waals surface area contributed by atoms with E-state index >= 15 is 0 Å². The second-order valence-corrected chi connectivity index (χ2v) is 8.63. The third-order valence-corrected chi connectivity index (χ3v) is 5.71. The molecular weight excluding hydrogens is 440 g/mol. The van der Waals surface area contributed by atoms with Crippen LogP contribution in [0.25, 0.3) is 0 Å². The van der Waals surface area contributed by atoms with Crippen LogP contribution in [0, 0.1) is 0 Å². The summed E-state index contributed by atoms with van der Waals surface area (Å²) in [6.45, 7) is 2.39. The number of allylic oxidation sites excluding steroid dienone is 2. The number of aliphatic hydroxyl groups is 6. The Balaban J connectivity index is 1.66. The standard InChI is InChI=1S/C22H32O11/c1-11(2)3-4-12-7-13(5-6-14(12)24)32-20-18(27)17(26)16(25)15(33-20)8-30-21-19(28)22(29,9-23)10-31-21/h3,5-7,15-21,23-29H,4,8-10H2,1-2H3/t15-,16-,17+,18-,19+,20+,21+,22-/m1/s1. The summed E-state index contributed by atoms with van der Waals surface area (Å²) in [6, 6.07) is 4.48. The molecule has 0 aliphatic carbocycles. The SMILES string of the molecule is CC(C)=CCc1cc(O[C@H]2O[C@H](CO[C@H]3OC[C@](O)(CO)[C@H]3O)[C@@H](O)[C@H](O)[C@H]2O)ccc1O. The van der Waals surface area contributed by atoms with Crippen molar-refractivity contribution in [2.75, 3.05) is 19.8 Å². The zero-order chi connectivity index (χ0) is 24.3. The molecule has 8 atom stereocenters. The molecule has 3 rings (SSSR count). The van der Waals surface area contributed by atoms with Crippen molar-refractivity contribution in [3.05, 3.63) is 35.4 Å². The van der Waals surface area contributed by atoms with Crippen molar-refractivity contribution in [1.29, 1.82) is 0 Å². The lowest BCUT2D eigenvalue weighted by Gasteiger charge is -2.40. The Bertz CT molecular complexity index is 827. The van der Waals surface area contributed by atoms with Gasteiger partial charge in [0, 0.05) is 5.56 Å². The van der Waals surface area contributed by atoms with Crippen LogP contribution in [0.1, 0.15) is 19.4 Å². The molecule has 2 saturated heterocycles. The summed E-state index contributed by atoms with van der Waals surface area (Å²) >= 11 is 0. The number of ether oxygens (including phenoxy) is 4. The smallest absolute Gasteiger partial charge is 0.229 e.